The van der Waals surface area contributed by atoms with Gasteiger partial charge >= 0.3 is 0 Å². The average Bonchev–Trinajstić information content (AvgIpc) is 2.28. The average molecular weight is 253 g/mol. The molecule has 1 aromatic rings. The summed E-state index contributed by atoms with van der Waals surface area (Å²) in [6.45, 7) is 8.65. The van der Waals surface area contributed by atoms with Gasteiger partial charge in [0.15, 0.2) is 0 Å². The lowest BCUT2D eigenvalue weighted by Crippen LogP contribution is -2.39. The fraction of sp³-hybridized carbons (Fsp3) is 0.571. The first-order chi connectivity index (χ1) is 8.02. The van der Waals surface area contributed by atoms with Crippen molar-refractivity contribution >= 4 is 11.8 Å². The lowest BCUT2D eigenvalue weighted by Gasteiger charge is -2.18. The monoisotopic (exact) mass is 253 g/mol. The topological polar surface area (TPSA) is 32.3 Å². The Labute approximate surface area is 109 Å². The van der Waals surface area contributed by atoms with Crippen LogP contribution in [0.15, 0.2) is 23.1 Å². The molecule has 0 aliphatic heterocycles. The fourth-order valence-electron chi connectivity index (χ4n) is 1.63. The summed E-state index contributed by atoms with van der Waals surface area (Å²) in [6.07, 6.45) is 0. The Bertz CT molecular complexity index is 352. The highest BCUT2D eigenvalue weighted by Gasteiger charge is 2.09. The van der Waals surface area contributed by atoms with E-state index >= 15 is 0 Å². The SMILES string of the molecule is Cc1ccc(SCC(CO)NC(C)C)cc1C. The molecule has 1 aromatic carbocycles. The molecule has 0 aromatic heterocycles. The summed E-state index contributed by atoms with van der Waals surface area (Å²) < 4.78 is 0. The maximum Gasteiger partial charge on any atom is 0.0592 e. The van der Waals surface area contributed by atoms with E-state index in [9.17, 15) is 5.11 Å². The van der Waals surface area contributed by atoms with Crippen molar-refractivity contribution in [1.29, 1.82) is 0 Å². The first-order valence-corrected chi connectivity index (χ1v) is 7.08. The van der Waals surface area contributed by atoms with Crippen LogP contribution >= 0.6 is 11.8 Å². The van der Waals surface area contributed by atoms with E-state index in [1.807, 2.05) is 0 Å². The van der Waals surface area contributed by atoms with Crippen molar-refractivity contribution in [2.24, 2.45) is 0 Å². The minimum absolute atomic E-state index is 0.168. The van der Waals surface area contributed by atoms with Crippen molar-refractivity contribution in [3.8, 4) is 0 Å². The van der Waals surface area contributed by atoms with Crippen molar-refractivity contribution in [2.75, 3.05) is 12.4 Å². The van der Waals surface area contributed by atoms with E-state index < -0.39 is 0 Å². The number of rotatable bonds is 6. The van der Waals surface area contributed by atoms with E-state index in [0.29, 0.717) is 6.04 Å². The largest absolute Gasteiger partial charge is 0.395 e. The van der Waals surface area contributed by atoms with Gasteiger partial charge in [-0.25, -0.2) is 0 Å². The standard InChI is InChI=1S/C14H23NOS/c1-10(2)15-13(8-16)9-17-14-6-5-11(3)12(4)7-14/h5-7,10,13,15-16H,8-9H2,1-4H3. The maximum atomic E-state index is 9.28. The first-order valence-electron chi connectivity index (χ1n) is 6.10. The number of hydrogen-bond acceptors (Lipinski definition) is 3. The van der Waals surface area contributed by atoms with Gasteiger partial charge in [0.2, 0.25) is 0 Å². The van der Waals surface area contributed by atoms with Crippen LogP contribution in [0.5, 0.6) is 0 Å². The Kier molecular flexibility index (Phi) is 6.03. The lowest BCUT2D eigenvalue weighted by atomic mass is 10.1. The highest BCUT2D eigenvalue weighted by molar-refractivity contribution is 7.99. The van der Waals surface area contributed by atoms with Gasteiger partial charge in [0.05, 0.1) is 6.61 Å². The number of aliphatic hydroxyl groups is 1. The van der Waals surface area contributed by atoms with E-state index in [4.69, 9.17) is 0 Å². The first kappa shape index (κ1) is 14.6. The second-order valence-corrected chi connectivity index (χ2v) is 5.85. The van der Waals surface area contributed by atoms with Gasteiger partial charge in [-0.3, -0.25) is 0 Å². The second kappa shape index (κ2) is 7.04. The van der Waals surface area contributed by atoms with E-state index in [2.05, 4.69) is 51.2 Å². The van der Waals surface area contributed by atoms with E-state index in [0.717, 1.165) is 5.75 Å². The maximum absolute atomic E-state index is 9.28. The molecule has 0 amide bonds. The molecule has 0 aliphatic carbocycles. The van der Waals surface area contributed by atoms with Crippen LogP contribution < -0.4 is 5.32 Å². The van der Waals surface area contributed by atoms with Crippen LogP contribution in [0.3, 0.4) is 0 Å². The molecule has 1 unspecified atom stereocenters. The number of nitrogens with one attached hydrogen (secondary N) is 1. The van der Waals surface area contributed by atoms with E-state index in [1.54, 1.807) is 11.8 Å². The second-order valence-electron chi connectivity index (χ2n) is 4.76. The summed E-state index contributed by atoms with van der Waals surface area (Å²) in [5.74, 6) is 0.900. The smallest absolute Gasteiger partial charge is 0.0592 e. The van der Waals surface area contributed by atoms with Crippen LogP contribution in [0, 0.1) is 13.8 Å². The molecule has 0 spiro atoms. The van der Waals surface area contributed by atoms with Crippen molar-refractivity contribution < 1.29 is 5.11 Å². The molecule has 3 heteroatoms. The zero-order chi connectivity index (χ0) is 12.8. The van der Waals surface area contributed by atoms with Crippen LogP contribution in [0.25, 0.3) is 0 Å². The van der Waals surface area contributed by atoms with Gasteiger partial charge in [-0.1, -0.05) is 19.9 Å². The third-order valence-electron chi connectivity index (χ3n) is 2.72. The molecule has 0 heterocycles. The Hall–Kier alpha value is -0.510. The van der Waals surface area contributed by atoms with Gasteiger partial charge < -0.3 is 10.4 Å². The quantitative estimate of drug-likeness (QED) is 0.765. The molecule has 1 atom stereocenters. The molecule has 0 radical (unpaired) electrons. The Morgan fingerprint density at radius 1 is 1.24 bits per heavy atom. The molecule has 2 nitrogen and oxygen atoms in total. The molecule has 96 valence electrons. The van der Waals surface area contributed by atoms with Gasteiger partial charge in [0, 0.05) is 22.7 Å². The molecule has 0 saturated heterocycles. The highest BCUT2D eigenvalue weighted by atomic mass is 32.2. The van der Waals surface area contributed by atoms with Gasteiger partial charge in [-0.2, -0.15) is 0 Å². The van der Waals surface area contributed by atoms with Crippen LogP contribution in [0.2, 0.25) is 0 Å². The summed E-state index contributed by atoms with van der Waals surface area (Å²) >= 11 is 1.80. The Morgan fingerprint density at radius 2 is 1.94 bits per heavy atom. The molecular formula is C14H23NOS. The Balaban J connectivity index is 2.50. The van der Waals surface area contributed by atoms with Crippen LogP contribution in [-0.4, -0.2) is 29.5 Å². The number of aryl methyl sites for hydroxylation is 2. The summed E-state index contributed by atoms with van der Waals surface area (Å²) in [5.41, 5.74) is 2.65. The molecule has 2 N–H and O–H groups in total. The van der Waals surface area contributed by atoms with E-state index in [1.165, 1.54) is 16.0 Å². The van der Waals surface area contributed by atoms with Crippen LogP contribution in [0.1, 0.15) is 25.0 Å². The number of thioether (sulfide) groups is 1. The molecule has 0 aliphatic rings. The number of hydrogen-bond donors (Lipinski definition) is 2. The molecular weight excluding hydrogens is 230 g/mol. The normalized spacial score (nSPS) is 13.1. The predicted molar refractivity (Wildman–Crippen MR) is 75.8 cm³/mol. The van der Waals surface area contributed by atoms with Crippen molar-refractivity contribution in [2.45, 2.75) is 44.7 Å². The van der Waals surface area contributed by atoms with Crippen LogP contribution in [0.4, 0.5) is 0 Å². The summed E-state index contributed by atoms with van der Waals surface area (Å²) in [4.78, 5) is 1.28. The highest BCUT2D eigenvalue weighted by Crippen LogP contribution is 2.21. The minimum Gasteiger partial charge on any atom is -0.395 e. The van der Waals surface area contributed by atoms with Crippen molar-refractivity contribution in [3.63, 3.8) is 0 Å². The number of aliphatic hydroxyl groups excluding tert-OH is 1. The van der Waals surface area contributed by atoms with E-state index in [-0.39, 0.29) is 12.6 Å². The molecule has 0 fully saturated rings. The summed E-state index contributed by atoms with van der Waals surface area (Å²) in [7, 11) is 0. The van der Waals surface area contributed by atoms with Gasteiger partial charge in [-0.15, -0.1) is 11.8 Å². The van der Waals surface area contributed by atoms with Crippen molar-refractivity contribution in [1.82, 2.24) is 5.32 Å². The Morgan fingerprint density at radius 3 is 2.47 bits per heavy atom. The zero-order valence-corrected chi connectivity index (χ0v) is 12.0. The lowest BCUT2D eigenvalue weighted by molar-refractivity contribution is 0.247. The third kappa shape index (κ3) is 5.11. The van der Waals surface area contributed by atoms with Crippen molar-refractivity contribution in [3.05, 3.63) is 29.3 Å². The minimum atomic E-state index is 0.168. The summed E-state index contributed by atoms with van der Waals surface area (Å²) in [5, 5.41) is 12.6. The molecule has 17 heavy (non-hydrogen) atoms. The molecule has 0 saturated carbocycles. The van der Waals surface area contributed by atoms with Crippen LogP contribution in [-0.2, 0) is 0 Å². The predicted octanol–water partition coefficient (Wildman–Crippen LogP) is 2.75. The molecule has 1 rings (SSSR count). The fourth-order valence-corrected chi connectivity index (χ4v) is 2.65. The zero-order valence-electron chi connectivity index (χ0n) is 11.2. The molecule has 0 bridgehead atoms. The van der Waals surface area contributed by atoms with Gasteiger partial charge in [-0.05, 0) is 37.1 Å². The summed E-state index contributed by atoms with van der Waals surface area (Å²) in [6, 6.07) is 7.09. The number of benzene rings is 1. The van der Waals surface area contributed by atoms with Gasteiger partial charge in [0.1, 0.15) is 0 Å². The third-order valence-corrected chi connectivity index (χ3v) is 3.88. The van der Waals surface area contributed by atoms with Gasteiger partial charge in [0.25, 0.3) is 0 Å².